The Morgan fingerprint density at radius 1 is 1.14 bits per heavy atom. The van der Waals surface area contributed by atoms with Crippen LogP contribution in [0, 0.1) is 19.7 Å². The Labute approximate surface area is 165 Å². The van der Waals surface area contributed by atoms with Crippen molar-refractivity contribution in [1.29, 1.82) is 0 Å². The fourth-order valence-corrected chi connectivity index (χ4v) is 3.13. The third-order valence-corrected chi connectivity index (χ3v) is 4.51. The first kappa shape index (κ1) is 18.5. The van der Waals surface area contributed by atoms with Crippen LogP contribution in [-0.4, -0.2) is 30.7 Å². The molecule has 0 saturated carbocycles. The van der Waals surface area contributed by atoms with Gasteiger partial charge in [0.1, 0.15) is 17.2 Å². The lowest BCUT2D eigenvalue weighted by molar-refractivity contribution is 0.0993. The molecular weight excluding hydrogens is 373 g/mol. The van der Waals surface area contributed by atoms with E-state index in [1.165, 1.54) is 16.6 Å². The van der Waals surface area contributed by atoms with Crippen LogP contribution in [0.1, 0.15) is 27.4 Å². The van der Waals surface area contributed by atoms with Gasteiger partial charge < -0.3 is 11.1 Å². The lowest BCUT2D eigenvalue weighted by Crippen LogP contribution is -2.15. The van der Waals surface area contributed by atoms with E-state index in [1.54, 1.807) is 32.0 Å². The van der Waals surface area contributed by atoms with Gasteiger partial charge in [0.05, 0.1) is 16.8 Å². The number of primary amides is 1. The SMILES string of the molecule is Cc1nnc(-c2c(C)nn3c(C(N)=O)cccc23)nc1NCc1cccc(F)c1. The van der Waals surface area contributed by atoms with Gasteiger partial charge in [-0.15, -0.1) is 10.2 Å². The molecule has 0 spiro atoms. The Morgan fingerprint density at radius 2 is 1.93 bits per heavy atom. The molecule has 1 aromatic carbocycles. The van der Waals surface area contributed by atoms with Crippen LogP contribution < -0.4 is 11.1 Å². The molecule has 3 aromatic heterocycles. The average Bonchev–Trinajstić information content (AvgIpc) is 3.03. The fourth-order valence-electron chi connectivity index (χ4n) is 3.13. The average molecular weight is 391 g/mol. The molecule has 0 saturated heterocycles. The fraction of sp³-hybridized carbons (Fsp3) is 0.150. The maximum atomic E-state index is 13.4. The third-order valence-electron chi connectivity index (χ3n) is 4.51. The molecule has 146 valence electrons. The highest BCUT2D eigenvalue weighted by Gasteiger charge is 2.19. The highest BCUT2D eigenvalue weighted by atomic mass is 19.1. The van der Waals surface area contributed by atoms with Crippen LogP contribution in [0.15, 0.2) is 42.5 Å². The number of carbonyl (C=O) groups excluding carboxylic acids is 1. The van der Waals surface area contributed by atoms with Gasteiger partial charge in [0, 0.05) is 6.54 Å². The molecule has 0 fully saturated rings. The van der Waals surface area contributed by atoms with Crippen molar-refractivity contribution < 1.29 is 9.18 Å². The number of rotatable bonds is 5. The van der Waals surface area contributed by atoms with Crippen LogP contribution in [-0.2, 0) is 6.54 Å². The second-order valence-electron chi connectivity index (χ2n) is 6.59. The first-order valence-electron chi connectivity index (χ1n) is 8.92. The molecule has 3 N–H and O–H groups in total. The molecule has 8 nitrogen and oxygen atoms in total. The summed E-state index contributed by atoms with van der Waals surface area (Å²) in [6, 6.07) is 11.5. The molecule has 3 heterocycles. The van der Waals surface area contributed by atoms with E-state index in [0.717, 1.165) is 5.56 Å². The zero-order valence-electron chi connectivity index (χ0n) is 15.8. The summed E-state index contributed by atoms with van der Waals surface area (Å²) in [4.78, 5) is 16.3. The second-order valence-corrected chi connectivity index (χ2v) is 6.59. The van der Waals surface area contributed by atoms with Crippen LogP contribution in [0.5, 0.6) is 0 Å². The van der Waals surface area contributed by atoms with Crippen molar-refractivity contribution >= 4 is 17.2 Å². The zero-order chi connectivity index (χ0) is 20.5. The van der Waals surface area contributed by atoms with Gasteiger partial charge >= 0.3 is 0 Å². The van der Waals surface area contributed by atoms with E-state index in [1.807, 2.05) is 12.1 Å². The molecule has 0 aliphatic carbocycles. The van der Waals surface area contributed by atoms with Crippen molar-refractivity contribution in [2.45, 2.75) is 20.4 Å². The molecule has 0 bridgehead atoms. The second kappa shape index (κ2) is 7.27. The van der Waals surface area contributed by atoms with Gasteiger partial charge in [0.25, 0.3) is 5.91 Å². The van der Waals surface area contributed by atoms with Gasteiger partial charge in [-0.25, -0.2) is 13.9 Å². The van der Waals surface area contributed by atoms with Crippen molar-refractivity contribution in [3.05, 3.63) is 70.9 Å². The van der Waals surface area contributed by atoms with Gasteiger partial charge in [-0.05, 0) is 43.7 Å². The molecule has 9 heteroatoms. The first-order valence-corrected chi connectivity index (χ1v) is 8.92. The highest BCUT2D eigenvalue weighted by molar-refractivity contribution is 5.93. The number of nitrogens with one attached hydrogen (secondary N) is 1. The van der Waals surface area contributed by atoms with Crippen LogP contribution in [0.25, 0.3) is 16.9 Å². The van der Waals surface area contributed by atoms with E-state index < -0.39 is 5.91 Å². The molecule has 4 rings (SSSR count). The predicted molar refractivity (Wildman–Crippen MR) is 106 cm³/mol. The van der Waals surface area contributed by atoms with Gasteiger partial charge in [0.15, 0.2) is 11.6 Å². The molecule has 0 aliphatic rings. The number of aromatic nitrogens is 5. The minimum absolute atomic E-state index is 0.265. The van der Waals surface area contributed by atoms with Gasteiger partial charge in [-0.3, -0.25) is 4.79 Å². The lowest BCUT2D eigenvalue weighted by atomic mass is 10.2. The summed E-state index contributed by atoms with van der Waals surface area (Å²) < 4.78 is 14.9. The van der Waals surface area contributed by atoms with Crippen LogP contribution in [0.4, 0.5) is 10.2 Å². The summed E-state index contributed by atoms with van der Waals surface area (Å²) in [7, 11) is 0. The summed E-state index contributed by atoms with van der Waals surface area (Å²) in [5.74, 6) is 0.0235. The molecule has 0 atom stereocenters. The number of nitrogens with two attached hydrogens (primary N) is 1. The number of nitrogens with zero attached hydrogens (tertiary/aromatic N) is 5. The topological polar surface area (TPSA) is 111 Å². The number of anilines is 1. The molecule has 0 aliphatic heterocycles. The normalized spacial score (nSPS) is 11.0. The molecule has 0 radical (unpaired) electrons. The van der Waals surface area contributed by atoms with E-state index in [4.69, 9.17) is 5.73 Å². The van der Waals surface area contributed by atoms with E-state index in [2.05, 4.69) is 25.6 Å². The quantitative estimate of drug-likeness (QED) is 0.541. The largest absolute Gasteiger partial charge is 0.364 e. The Kier molecular flexibility index (Phi) is 4.63. The Balaban J connectivity index is 1.73. The number of fused-ring (bicyclic) bond motifs is 1. The van der Waals surface area contributed by atoms with Crippen LogP contribution in [0.3, 0.4) is 0 Å². The maximum Gasteiger partial charge on any atom is 0.267 e. The smallest absolute Gasteiger partial charge is 0.267 e. The van der Waals surface area contributed by atoms with Crippen LogP contribution in [0.2, 0.25) is 0 Å². The van der Waals surface area contributed by atoms with E-state index >= 15 is 0 Å². The van der Waals surface area contributed by atoms with Crippen molar-refractivity contribution in [3.63, 3.8) is 0 Å². The lowest BCUT2D eigenvalue weighted by Gasteiger charge is -2.09. The van der Waals surface area contributed by atoms with Crippen molar-refractivity contribution in [2.24, 2.45) is 5.73 Å². The van der Waals surface area contributed by atoms with Gasteiger partial charge in [-0.1, -0.05) is 18.2 Å². The summed E-state index contributed by atoms with van der Waals surface area (Å²) in [6.45, 7) is 3.97. The standard InChI is InChI=1S/C20H18FN7O/c1-11-17(15-7-4-8-16(18(22)29)28(15)27-11)20-24-19(12(2)25-26-20)23-10-13-5-3-6-14(21)9-13/h3-9H,10H2,1-2H3,(H2,22,29)(H,23,24,26). The first-order chi connectivity index (χ1) is 13.9. The molecular formula is C20H18FN7O. The summed E-state index contributed by atoms with van der Waals surface area (Å²) in [6.07, 6.45) is 0. The number of hydrogen-bond acceptors (Lipinski definition) is 6. The number of aryl methyl sites for hydroxylation is 2. The minimum Gasteiger partial charge on any atom is -0.364 e. The summed E-state index contributed by atoms with van der Waals surface area (Å²) in [5, 5.41) is 16.0. The van der Waals surface area contributed by atoms with Crippen LogP contribution >= 0.6 is 0 Å². The van der Waals surface area contributed by atoms with Crippen molar-refractivity contribution in [2.75, 3.05) is 5.32 Å². The third kappa shape index (κ3) is 3.49. The maximum absolute atomic E-state index is 13.4. The molecule has 1 amide bonds. The number of carbonyl (C=O) groups is 1. The predicted octanol–water partition coefficient (Wildman–Crippen LogP) is 2.65. The van der Waals surface area contributed by atoms with E-state index in [9.17, 15) is 9.18 Å². The number of amides is 1. The number of hydrogen-bond donors (Lipinski definition) is 2. The zero-order valence-corrected chi connectivity index (χ0v) is 15.8. The Morgan fingerprint density at radius 3 is 2.69 bits per heavy atom. The summed E-state index contributed by atoms with van der Waals surface area (Å²) in [5.41, 5.74) is 9.06. The number of benzene rings is 1. The Hall–Kier alpha value is -3.88. The van der Waals surface area contributed by atoms with Gasteiger partial charge in [-0.2, -0.15) is 5.10 Å². The highest BCUT2D eigenvalue weighted by Crippen LogP contribution is 2.27. The number of pyridine rings is 1. The molecule has 29 heavy (non-hydrogen) atoms. The number of halogens is 1. The monoisotopic (exact) mass is 391 g/mol. The van der Waals surface area contributed by atoms with E-state index in [-0.39, 0.29) is 11.5 Å². The summed E-state index contributed by atoms with van der Waals surface area (Å²) >= 11 is 0. The molecule has 4 aromatic rings. The van der Waals surface area contributed by atoms with Gasteiger partial charge in [0.2, 0.25) is 0 Å². The van der Waals surface area contributed by atoms with Crippen molar-refractivity contribution in [3.8, 4) is 11.4 Å². The van der Waals surface area contributed by atoms with Crippen molar-refractivity contribution in [1.82, 2.24) is 24.8 Å². The minimum atomic E-state index is -0.579. The Bertz CT molecular complexity index is 1230. The van der Waals surface area contributed by atoms with E-state index in [0.29, 0.717) is 40.7 Å². The molecule has 0 unspecified atom stereocenters.